The van der Waals surface area contributed by atoms with Crippen molar-refractivity contribution in [2.24, 2.45) is 7.05 Å². The average Bonchev–Trinajstić information content (AvgIpc) is 2.98. The van der Waals surface area contributed by atoms with Crippen LogP contribution in [0.1, 0.15) is 0 Å². The van der Waals surface area contributed by atoms with E-state index in [2.05, 4.69) is 15.3 Å². The molecule has 0 saturated carbocycles. The summed E-state index contributed by atoms with van der Waals surface area (Å²) in [5.41, 5.74) is 10.2. The first-order chi connectivity index (χ1) is 8.75. The summed E-state index contributed by atoms with van der Waals surface area (Å²) in [5, 5.41) is 11.4. The van der Waals surface area contributed by atoms with Crippen molar-refractivity contribution >= 4 is 5.69 Å². The number of aromatic nitrogens is 4. The van der Waals surface area contributed by atoms with E-state index in [0.29, 0.717) is 5.69 Å². The van der Waals surface area contributed by atoms with E-state index in [9.17, 15) is 0 Å². The molecule has 18 heavy (non-hydrogen) atoms. The monoisotopic (exact) mass is 239 g/mol. The van der Waals surface area contributed by atoms with Gasteiger partial charge in [-0.2, -0.15) is 10.2 Å². The van der Waals surface area contributed by atoms with E-state index in [0.717, 1.165) is 22.6 Å². The maximum atomic E-state index is 5.89. The van der Waals surface area contributed by atoms with Crippen molar-refractivity contribution in [1.29, 1.82) is 0 Å². The van der Waals surface area contributed by atoms with Gasteiger partial charge in [-0.25, -0.2) is 0 Å². The van der Waals surface area contributed by atoms with Crippen LogP contribution in [0.5, 0.6) is 0 Å². The molecule has 3 N–H and O–H groups in total. The lowest BCUT2D eigenvalue weighted by molar-refractivity contribution is 0.773. The lowest BCUT2D eigenvalue weighted by atomic mass is 10.1. The lowest BCUT2D eigenvalue weighted by Crippen LogP contribution is -1.95. The number of nitrogens with two attached hydrogens (primary N) is 1. The molecular weight excluding hydrogens is 226 g/mol. The second kappa shape index (κ2) is 4.03. The van der Waals surface area contributed by atoms with Crippen LogP contribution in [0.3, 0.4) is 0 Å². The highest BCUT2D eigenvalue weighted by Crippen LogP contribution is 2.26. The third kappa shape index (κ3) is 1.66. The van der Waals surface area contributed by atoms with Gasteiger partial charge in [0.15, 0.2) is 0 Å². The predicted molar refractivity (Wildman–Crippen MR) is 70.6 cm³/mol. The van der Waals surface area contributed by atoms with Gasteiger partial charge in [-0.15, -0.1) is 0 Å². The van der Waals surface area contributed by atoms with Crippen LogP contribution in [-0.2, 0) is 7.05 Å². The number of nitrogens with zero attached hydrogens (tertiary/aromatic N) is 3. The first-order valence-corrected chi connectivity index (χ1v) is 5.64. The number of rotatable bonds is 2. The first-order valence-electron chi connectivity index (χ1n) is 5.64. The second-order valence-electron chi connectivity index (χ2n) is 4.11. The standard InChI is InChI=1S/C13H13N5/c1-18-13(10(14)8-15-18)12-7-11(16-17-12)9-5-3-2-4-6-9/h2-8H,14H2,1H3,(H,16,17). The SMILES string of the molecule is Cn1ncc(N)c1-c1cc(-c2ccccc2)n[nH]1. The molecule has 0 fully saturated rings. The third-order valence-electron chi connectivity index (χ3n) is 2.87. The van der Waals surface area contributed by atoms with E-state index in [1.807, 2.05) is 43.4 Å². The molecule has 0 saturated heterocycles. The summed E-state index contributed by atoms with van der Waals surface area (Å²) in [6.45, 7) is 0. The van der Waals surface area contributed by atoms with Gasteiger partial charge in [0.25, 0.3) is 0 Å². The van der Waals surface area contributed by atoms with Crippen molar-refractivity contribution in [1.82, 2.24) is 20.0 Å². The number of nitrogen functional groups attached to an aromatic ring is 1. The molecule has 3 rings (SSSR count). The Morgan fingerprint density at radius 3 is 2.67 bits per heavy atom. The molecule has 0 aliphatic carbocycles. The highest BCUT2D eigenvalue weighted by atomic mass is 15.3. The van der Waals surface area contributed by atoms with Gasteiger partial charge >= 0.3 is 0 Å². The van der Waals surface area contributed by atoms with E-state index >= 15 is 0 Å². The number of aryl methyl sites for hydroxylation is 1. The molecule has 2 aromatic heterocycles. The number of benzene rings is 1. The Morgan fingerprint density at radius 1 is 1.22 bits per heavy atom. The van der Waals surface area contributed by atoms with Crippen LogP contribution in [0, 0.1) is 0 Å². The van der Waals surface area contributed by atoms with Gasteiger partial charge in [0.05, 0.1) is 23.3 Å². The number of aromatic amines is 1. The van der Waals surface area contributed by atoms with Gasteiger partial charge in [0.1, 0.15) is 5.69 Å². The molecule has 3 aromatic rings. The molecule has 0 aliphatic rings. The topological polar surface area (TPSA) is 72.5 Å². The first kappa shape index (κ1) is 10.6. The Bertz CT molecular complexity index is 646. The number of H-pyrrole nitrogens is 1. The van der Waals surface area contributed by atoms with E-state index < -0.39 is 0 Å². The van der Waals surface area contributed by atoms with E-state index in [1.54, 1.807) is 10.9 Å². The highest BCUT2D eigenvalue weighted by Gasteiger charge is 2.12. The van der Waals surface area contributed by atoms with Gasteiger partial charge in [0.2, 0.25) is 0 Å². The summed E-state index contributed by atoms with van der Waals surface area (Å²) in [5.74, 6) is 0. The predicted octanol–water partition coefficient (Wildman–Crippen LogP) is 2.06. The van der Waals surface area contributed by atoms with Crippen molar-refractivity contribution < 1.29 is 0 Å². The minimum absolute atomic E-state index is 0.640. The summed E-state index contributed by atoms with van der Waals surface area (Å²) in [7, 11) is 1.86. The van der Waals surface area contributed by atoms with Crippen molar-refractivity contribution in [3.63, 3.8) is 0 Å². The zero-order chi connectivity index (χ0) is 12.5. The Labute approximate surface area is 104 Å². The fourth-order valence-electron chi connectivity index (χ4n) is 1.98. The summed E-state index contributed by atoms with van der Waals surface area (Å²) >= 11 is 0. The molecular formula is C13H13N5. The molecule has 0 unspecified atom stereocenters. The van der Waals surface area contributed by atoms with Crippen molar-refractivity contribution in [2.75, 3.05) is 5.73 Å². The fourth-order valence-corrected chi connectivity index (χ4v) is 1.98. The molecule has 0 aliphatic heterocycles. The van der Waals surface area contributed by atoms with Crippen molar-refractivity contribution in [3.8, 4) is 22.6 Å². The molecule has 90 valence electrons. The number of nitrogens with one attached hydrogen (secondary N) is 1. The van der Waals surface area contributed by atoms with Crippen LogP contribution >= 0.6 is 0 Å². The third-order valence-corrected chi connectivity index (χ3v) is 2.87. The summed E-state index contributed by atoms with van der Waals surface area (Å²) in [6.07, 6.45) is 1.64. The minimum atomic E-state index is 0.640. The molecule has 1 aromatic carbocycles. The summed E-state index contributed by atoms with van der Waals surface area (Å²) < 4.78 is 1.73. The van der Waals surface area contributed by atoms with Crippen LogP contribution in [0.4, 0.5) is 5.69 Å². The number of anilines is 1. The van der Waals surface area contributed by atoms with Crippen molar-refractivity contribution in [3.05, 3.63) is 42.6 Å². The van der Waals surface area contributed by atoms with Gasteiger partial charge in [-0.05, 0) is 6.07 Å². The normalized spacial score (nSPS) is 10.7. The van der Waals surface area contributed by atoms with Crippen LogP contribution in [-0.4, -0.2) is 20.0 Å². The number of hydrogen-bond donors (Lipinski definition) is 2. The van der Waals surface area contributed by atoms with Crippen LogP contribution < -0.4 is 5.73 Å². The smallest absolute Gasteiger partial charge is 0.109 e. The van der Waals surface area contributed by atoms with Gasteiger partial charge in [-0.1, -0.05) is 30.3 Å². The molecule has 0 amide bonds. The second-order valence-corrected chi connectivity index (χ2v) is 4.11. The van der Waals surface area contributed by atoms with E-state index in [4.69, 9.17) is 5.73 Å². The van der Waals surface area contributed by atoms with Gasteiger partial charge in [0, 0.05) is 12.6 Å². The van der Waals surface area contributed by atoms with Crippen molar-refractivity contribution in [2.45, 2.75) is 0 Å². The Hall–Kier alpha value is -2.56. The molecule has 0 spiro atoms. The molecule has 0 atom stereocenters. The van der Waals surface area contributed by atoms with Gasteiger partial charge < -0.3 is 5.73 Å². The Morgan fingerprint density at radius 2 is 2.00 bits per heavy atom. The molecule has 0 radical (unpaired) electrons. The zero-order valence-electron chi connectivity index (χ0n) is 9.96. The maximum Gasteiger partial charge on any atom is 0.109 e. The fraction of sp³-hybridized carbons (Fsp3) is 0.0769. The van der Waals surface area contributed by atoms with Crippen LogP contribution in [0.15, 0.2) is 42.6 Å². The van der Waals surface area contributed by atoms with Crippen LogP contribution in [0.25, 0.3) is 22.6 Å². The Kier molecular flexibility index (Phi) is 2.37. The largest absolute Gasteiger partial charge is 0.396 e. The molecule has 0 bridgehead atoms. The Balaban J connectivity index is 2.05. The maximum absolute atomic E-state index is 5.89. The lowest BCUT2D eigenvalue weighted by Gasteiger charge is -1.98. The zero-order valence-corrected chi connectivity index (χ0v) is 9.96. The van der Waals surface area contributed by atoms with E-state index in [-0.39, 0.29) is 0 Å². The quantitative estimate of drug-likeness (QED) is 0.719. The van der Waals surface area contributed by atoms with Gasteiger partial charge in [-0.3, -0.25) is 9.78 Å². The van der Waals surface area contributed by atoms with E-state index in [1.165, 1.54) is 0 Å². The summed E-state index contributed by atoms with van der Waals surface area (Å²) in [4.78, 5) is 0. The highest BCUT2D eigenvalue weighted by molar-refractivity contribution is 5.73. The summed E-state index contributed by atoms with van der Waals surface area (Å²) in [6, 6.07) is 12.0. The van der Waals surface area contributed by atoms with Crippen LogP contribution in [0.2, 0.25) is 0 Å². The molecule has 5 heteroatoms. The number of hydrogen-bond acceptors (Lipinski definition) is 3. The molecule has 5 nitrogen and oxygen atoms in total. The average molecular weight is 239 g/mol. The minimum Gasteiger partial charge on any atom is -0.396 e. The molecule has 2 heterocycles.